The molecule has 0 radical (unpaired) electrons. The van der Waals surface area contributed by atoms with Gasteiger partial charge in [-0.25, -0.2) is 0 Å². The minimum absolute atomic E-state index is 0.158. The van der Waals surface area contributed by atoms with Crippen LogP contribution in [0.1, 0.15) is 0 Å². The largest absolute Gasteiger partial charge is 0.495 e. The van der Waals surface area contributed by atoms with E-state index in [0.717, 1.165) is 11.4 Å². The Kier molecular flexibility index (Phi) is 7.74. The summed E-state index contributed by atoms with van der Waals surface area (Å²) < 4.78 is 5.21. The Morgan fingerprint density at radius 3 is 2.00 bits per heavy atom. The maximum atomic E-state index is 12.1. The zero-order chi connectivity index (χ0) is 21.2. The number of benzene rings is 3. The van der Waals surface area contributed by atoms with E-state index >= 15 is 0 Å². The molecule has 3 aromatic carbocycles. The van der Waals surface area contributed by atoms with Gasteiger partial charge in [-0.2, -0.15) is 0 Å². The first-order valence-corrected chi connectivity index (χ1v) is 10.5. The second-order valence-electron chi connectivity index (χ2n) is 6.36. The van der Waals surface area contributed by atoms with Gasteiger partial charge in [-0.05, 0) is 48.5 Å². The average molecular weight is 422 g/mol. The van der Waals surface area contributed by atoms with Gasteiger partial charge in [0, 0.05) is 17.1 Å². The van der Waals surface area contributed by atoms with E-state index in [1.165, 1.54) is 11.8 Å². The van der Waals surface area contributed by atoms with Crippen molar-refractivity contribution in [3.05, 3.63) is 78.9 Å². The smallest absolute Gasteiger partial charge is 0.234 e. The van der Waals surface area contributed by atoms with Crippen molar-refractivity contribution < 1.29 is 14.3 Å². The van der Waals surface area contributed by atoms with Gasteiger partial charge in [0.25, 0.3) is 0 Å². The molecule has 30 heavy (non-hydrogen) atoms. The summed E-state index contributed by atoms with van der Waals surface area (Å²) in [6.45, 7) is 0. The van der Waals surface area contributed by atoms with Crippen LogP contribution >= 0.6 is 11.8 Å². The summed E-state index contributed by atoms with van der Waals surface area (Å²) in [7, 11) is 1.55. The molecule has 2 amide bonds. The Morgan fingerprint density at radius 2 is 1.30 bits per heavy atom. The van der Waals surface area contributed by atoms with Crippen molar-refractivity contribution in [2.45, 2.75) is 0 Å². The molecule has 3 aromatic rings. The topological polar surface area (TPSA) is 79.5 Å². The van der Waals surface area contributed by atoms with E-state index in [-0.39, 0.29) is 23.3 Å². The Labute approximate surface area is 180 Å². The highest BCUT2D eigenvalue weighted by Crippen LogP contribution is 2.23. The molecule has 0 aliphatic carbocycles. The van der Waals surface area contributed by atoms with Crippen molar-refractivity contribution in [1.82, 2.24) is 0 Å². The third-order valence-corrected chi connectivity index (χ3v) is 5.01. The predicted molar refractivity (Wildman–Crippen MR) is 124 cm³/mol. The van der Waals surface area contributed by atoms with Gasteiger partial charge in [0.15, 0.2) is 0 Å². The van der Waals surface area contributed by atoms with Gasteiger partial charge in [0.05, 0.1) is 24.3 Å². The first kappa shape index (κ1) is 21.3. The molecule has 0 atom stereocenters. The molecule has 0 spiro atoms. The van der Waals surface area contributed by atoms with Gasteiger partial charge < -0.3 is 20.7 Å². The van der Waals surface area contributed by atoms with E-state index in [0.29, 0.717) is 17.1 Å². The van der Waals surface area contributed by atoms with Crippen molar-refractivity contribution in [2.24, 2.45) is 0 Å². The maximum Gasteiger partial charge on any atom is 0.234 e. The Morgan fingerprint density at radius 1 is 0.733 bits per heavy atom. The first-order chi connectivity index (χ1) is 14.6. The number of hydrogen-bond donors (Lipinski definition) is 3. The average Bonchev–Trinajstić information content (AvgIpc) is 2.76. The molecule has 0 fully saturated rings. The minimum Gasteiger partial charge on any atom is -0.495 e. The summed E-state index contributed by atoms with van der Waals surface area (Å²) in [5, 5.41) is 8.91. The van der Waals surface area contributed by atoms with Crippen LogP contribution in [0.25, 0.3) is 0 Å². The van der Waals surface area contributed by atoms with Crippen molar-refractivity contribution in [2.75, 3.05) is 34.6 Å². The van der Waals surface area contributed by atoms with E-state index in [1.807, 2.05) is 66.7 Å². The molecular weight excluding hydrogens is 398 g/mol. The monoisotopic (exact) mass is 421 g/mol. The highest BCUT2D eigenvalue weighted by Gasteiger charge is 2.09. The van der Waals surface area contributed by atoms with Gasteiger partial charge in [-0.1, -0.05) is 30.3 Å². The predicted octanol–water partition coefficient (Wildman–Crippen LogP) is 4.75. The summed E-state index contributed by atoms with van der Waals surface area (Å²) in [4.78, 5) is 24.2. The molecule has 0 unspecified atom stereocenters. The van der Waals surface area contributed by atoms with Crippen molar-refractivity contribution >= 4 is 46.3 Å². The van der Waals surface area contributed by atoms with E-state index in [9.17, 15) is 9.59 Å². The lowest BCUT2D eigenvalue weighted by atomic mass is 10.2. The molecule has 0 bridgehead atoms. The fourth-order valence-corrected chi connectivity index (χ4v) is 3.31. The minimum atomic E-state index is -0.186. The third kappa shape index (κ3) is 6.56. The third-order valence-electron chi connectivity index (χ3n) is 4.08. The van der Waals surface area contributed by atoms with Gasteiger partial charge >= 0.3 is 0 Å². The zero-order valence-electron chi connectivity index (χ0n) is 16.6. The summed E-state index contributed by atoms with van der Waals surface area (Å²) in [5.74, 6) is 0.607. The summed E-state index contributed by atoms with van der Waals surface area (Å²) in [6.07, 6.45) is 0. The van der Waals surface area contributed by atoms with Gasteiger partial charge in [-0.3, -0.25) is 9.59 Å². The number of rotatable bonds is 9. The zero-order valence-corrected chi connectivity index (χ0v) is 17.4. The van der Waals surface area contributed by atoms with E-state index in [1.54, 1.807) is 19.2 Å². The van der Waals surface area contributed by atoms with Crippen LogP contribution in [-0.4, -0.2) is 30.4 Å². The van der Waals surface area contributed by atoms with Crippen LogP contribution in [0.2, 0.25) is 0 Å². The standard InChI is InChI=1S/C23H23N3O3S/c1-29-21-10-6-5-9-20(21)26-23(28)16-30-15-22(27)25-19-13-11-18(12-14-19)24-17-7-3-2-4-8-17/h2-14,24H,15-16H2,1H3,(H,25,27)(H,26,28). The van der Waals surface area contributed by atoms with Crippen LogP contribution in [0.15, 0.2) is 78.9 Å². The summed E-state index contributed by atoms with van der Waals surface area (Å²) >= 11 is 1.25. The number of hydrogen-bond acceptors (Lipinski definition) is 5. The Bertz CT molecular complexity index is 978. The summed E-state index contributed by atoms with van der Waals surface area (Å²) in [5.41, 5.74) is 3.25. The molecule has 0 saturated carbocycles. The second-order valence-corrected chi connectivity index (χ2v) is 7.34. The van der Waals surface area contributed by atoms with E-state index in [4.69, 9.17) is 4.74 Å². The Hall–Kier alpha value is -3.45. The van der Waals surface area contributed by atoms with Gasteiger partial charge in [0.2, 0.25) is 11.8 Å². The number of carbonyl (C=O) groups excluding carboxylic acids is 2. The van der Waals surface area contributed by atoms with Crippen molar-refractivity contribution in [3.63, 3.8) is 0 Å². The van der Waals surface area contributed by atoms with Crippen molar-refractivity contribution in [3.8, 4) is 5.75 Å². The molecule has 7 heteroatoms. The molecule has 0 aliphatic heterocycles. The summed E-state index contributed by atoms with van der Waals surface area (Å²) in [6, 6.07) is 24.5. The van der Waals surface area contributed by atoms with E-state index < -0.39 is 0 Å². The molecule has 0 heterocycles. The maximum absolute atomic E-state index is 12.1. The van der Waals surface area contributed by atoms with Gasteiger partial charge in [-0.15, -0.1) is 11.8 Å². The molecular formula is C23H23N3O3S. The number of para-hydroxylation sites is 3. The molecule has 0 aromatic heterocycles. The van der Waals surface area contributed by atoms with Crippen LogP contribution in [0, 0.1) is 0 Å². The molecule has 3 rings (SSSR count). The lowest BCUT2D eigenvalue weighted by Crippen LogP contribution is -2.18. The lowest BCUT2D eigenvalue weighted by Gasteiger charge is -2.10. The normalized spacial score (nSPS) is 10.2. The lowest BCUT2D eigenvalue weighted by molar-refractivity contribution is -0.114. The van der Waals surface area contributed by atoms with E-state index in [2.05, 4.69) is 16.0 Å². The SMILES string of the molecule is COc1ccccc1NC(=O)CSCC(=O)Nc1ccc(Nc2ccccc2)cc1. The second kappa shape index (κ2) is 10.9. The molecule has 6 nitrogen and oxygen atoms in total. The number of carbonyl (C=O) groups is 2. The van der Waals surface area contributed by atoms with Gasteiger partial charge in [0.1, 0.15) is 5.75 Å². The fraction of sp³-hybridized carbons (Fsp3) is 0.130. The van der Waals surface area contributed by atoms with Crippen LogP contribution in [0.3, 0.4) is 0 Å². The Balaban J connectivity index is 1.40. The molecule has 3 N–H and O–H groups in total. The number of methoxy groups -OCH3 is 1. The number of nitrogens with one attached hydrogen (secondary N) is 3. The first-order valence-electron chi connectivity index (χ1n) is 9.36. The van der Waals surface area contributed by atoms with Crippen LogP contribution in [0.4, 0.5) is 22.7 Å². The highest BCUT2D eigenvalue weighted by atomic mass is 32.2. The quantitative estimate of drug-likeness (QED) is 0.465. The number of anilines is 4. The fourth-order valence-electron chi connectivity index (χ4n) is 2.69. The molecule has 154 valence electrons. The molecule has 0 saturated heterocycles. The van der Waals surface area contributed by atoms with Crippen molar-refractivity contribution in [1.29, 1.82) is 0 Å². The van der Waals surface area contributed by atoms with Crippen LogP contribution < -0.4 is 20.7 Å². The number of thioether (sulfide) groups is 1. The molecule has 0 aliphatic rings. The van der Waals surface area contributed by atoms with Crippen LogP contribution in [-0.2, 0) is 9.59 Å². The highest BCUT2D eigenvalue weighted by molar-refractivity contribution is 8.00. The number of amides is 2. The number of ether oxygens (including phenoxy) is 1. The van der Waals surface area contributed by atoms with Crippen LogP contribution in [0.5, 0.6) is 5.75 Å².